The normalized spacial score (nSPS) is 31.5. The van der Waals surface area contributed by atoms with E-state index in [1.165, 1.54) is 12.1 Å². The van der Waals surface area contributed by atoms with Crippen LogP contribution in [0.5, 0.6) is 0 Å². The fourth-order valence-electron chi connectivity index (χ4n) is 2.72. The summed E-state index contributed by atoms with van der Waals surface area (Å²) in [4.78, 5) is 0. The first-order valence-electron chi connectivity index (χ1n) is 5.60. The zero-order valence-electron chi connectivity index (χ0n) is 9.55. The number of hydrogen-bond donors (Lipinski definition) is 1. The molecule has 0 spiro atoms. The molecule has 2 fully saturated rings. The molecule has 0 radical (unpaired) electrons. The van der Waals surface area contributed by atoms with Crippen molar-refractivity contribution < 1.29 is 22.0 Å². The van der Waals surface area contributed by atoms with Gasteiger partial charge in [-0.2, -0.15) is 13.2 Å². The molecule has 3 rings (SSSR count). The van der Waals surface area contributed by atoms with Gasteiger partial charge in [-0.15, -0.1) is 12.4 Å². The van der Waals surface area contributed by atoms with E-state index in [9.17, 15) is 22.0 Å². The van der Waals surface area contributed by atoms with Gasteiger partial charge in [-0.1, -0.05) is 12.1 Å². The molecule has 1 aromatic carbocycles. The largest absolute Gasteiger partial charge is 0.416 e. The maximum atomic E-state index is 13.2. The Bertz CT molecular complexity index is 470. The summed E-state index contributed by atoms with van der Waals surface area (Å²) >= 11 is 0. The summed E-state index contributed by atoms with van der Waals surface area (Å²) in [5.74, 6) is -4.10. The van der Waals surface area contributed by atoms with Gasteiger partial charge in [0.1, 0.15) is 0 Å². The van der Waals surface area contributed by atoms with Gasteiger partial charge in [-0.25, -0.2) is 8.78 Å². The number of hydrogen-bond acceptors (Lipinski definition) is 1. The first-order chi connectivity index (χ1) is 8.32. The summed E-state index contributed by atoms with van der Waals surface area (Å²) in [6.45, 7) is 0.226. The molecular formula is C12H11ClF5N. The van der Waals surface area contributed by atoms with Gasteiger partial charge >= 0.3 is 6.18 Å². The number of benzene rings is 1. The Kier molecular flexibility index (Phi) is 3.30. The third-order valence-corrected chi connectivity index (χ3v) is 3.78. The molecule has 1 aliphatic heterocycles. The quantitative estimate of drug-likeness (QED) is 0.781. The van der Waals surface area contributed by atoms with Gasteiger partial charge in [-0.3, -0.25) is 0 Å². The molecule has 1 N–H and O–H groups in total. The second-order valence-corrected chi connectivity index (χ2v) is 4.81. The van der Waals surface area contributed by atoms with Crippen molar-refractivity contribution in [1.29, 1.82) is 0 Å². The molecule has 0 aromatic heterocycles. The first-order valence-corrected chi connectivity index (χ1v) is 5.60. The Balaban J connectivity index is 0.00000133. The standard InChI is InChI=1S/C12H10F5N.ClH/c13-11(14)8-5-18-10(9(8)11)6-1-3-7(4-2-6)12(15,16)17;/h1-4,8-10,18H,5H2;1H. The summed E-state index contributed by atoms with van der Waals surface area (Å²) in [7, 11) is 0. The van der Waals surface area contributed by atoms with Crippen molar-refractivity contribution in [3.63, 3.8) is 0 Å². The van der Waals surface area contributed by atoms with Crippen LogP contribution in [0.25, 0.3) is 0 Å². The van der Waals surface area contributed by atoms with E-state index < -0.39 is 35.5 Å². The molecule has 2 aliphatic rings. The average molecular weight is 300 g/mol. The van der Waals surface area contributed by atoms with Crippen molar-refractivity contribution in [2.45, 2.75) is 18.1 Å². The van der Waals surface area contributed by atoms with E-state index >= 15 is 0 Å². The maximum absolute atomic E-state index is 13.2. The topological polar surface area (TPSA) is 12.0 Å². The van der Waals surface area contributed by atoms with Crippen LogP contribution in [0.15, 0.2) is 24.3 Å². The van der Waals surface area contributed by atoms with Gasteiger partial charge in [-0.05, 0) is 17.7 Å². The molecule has 0 bridgehead atoms. The van der Waals surface area contributed by atoms with Crippen LogP contribution in [0.4, 0.5) is 22.0 Å². The van der Waals surface area contributed by atoms with E-state index in [1.54, 1.807) is 0 Å². The Morgan fingerprint density at radius 3 is 2.11 bits per heavy atom. The van der Waals surface area contributed by atoms with Crippen LogP contribution < -0.4 is 5.32 Å². The number of rotatable bonds is 1. The highest BCUT2D eigenvalue weighted by Crippen LogP contribution is 2.63. The third kappa shape index (κ3) is 2.21. The van der Waals surface area contributed by atoms with Crippen LogP contribution in [-0.2, 0) is 6.18 Å². The predicted octanol–water partition coefficient (Wildman–Crippen LogP) is 3.65. The molecule has 3 unspecified atom stereocenters. The molecule has 3 atom stereocenters. The lowest BCUT2D eigenvalue weighted by atomic mass is 10.0. The van der Waals surface area contributed by atoms with E-state index in [4.69, 9.17) is 0 Å². The van der Waals surface area contributed by atoms with Crippen LogP contribution in [-0.4, -0.2) is 12.5 Å². The molecule has 19 heavy (non-hydrogen) atoms. The van der Waals surface area contributed by atoms with Crippen molar-refractivity contribution in [3.8, 4) is 0 Å². The fourth-order valence-corrected chi connectivity index (χ4v) is 2.72. The minimum atomic E-state index is -4.40. The Morgan fingerprint density at radius 2 is 1.68 bits per heavy atom. The monoisotopic (exact) mass is 299 g/mol. The second kappa shape index (κ2) is 4.31. The van der Waals surface area contributed by atoms with Gasteiger partial charge in [0, 0.05) is 18.5 Å². The molecule has 1 nitrogen and oxygen atoms in total. The predicted molar refractivity (Wildman–Crippen MR) is 61.4 cm³/mol. The fraction of sp³-hybridized carbons (Fsp3) is 0.500. The van der Waals surface area contributed by atoms with Crippen LogP contribution in [0.1, 0.15) is 17.2 Å². The van der Waals surface area contributed by atoms with Gasteiger partial charge in [0.15, 0.2) is 0 Å². The zero-order valence-corrected chi connectivity index (χ0v) is 10.4. The summed E-state index contributed by atoms with van der Waals surface area (Å²) in [6.07, 6.45) is -4.40. The maximum Gasteiger partial charge on any atom is 0.416 e. The lowest BCUT2D eigenvalue weighted by Crippen LogP contribution is -2.24. The van der Waals surface area contributed by atoms with Crippen LogP contribution >= 0.6 is 12.4 Å². The van der Waals surface area contributed by atoms with Crippen LogP contribution in [0.2, 0.25) is 0 Å². The smallest absolute Gasteiger partial charge is 0.309 e. The van der Waals surface area contributed by atoms with E-state index in [-0.39, 0.29) is 19.0 Å². The highest BCUT2D eigenvalue weighted by atomic mass is 35.5. The molecule has 1 saturated carbocycles. The van der Waals surface area contributed by atoms with E-state index in [2.05, 4.69) is 5.32 Å². The number of alkyl halides is 5. The molecule has 1 aromatic rings. The SMILES string of the molecule is Cl.FC(F)(F)c1ccc(C2NCC3C2C3(F)F)cc1. The number of fused-ring (bicyclic) bond motifs is 1. The Labute approximate surface area is 112 Å². The van der Waals surface area contributed by atoms with Gasteiger partial charge < -0.3 is 5.32 Å². The second-order valence-electron chi connectivity index (χ2n) is 4.81. The van der Waals surface area contributed by atoms with Crippen molar-refractivity contribution >= 4 is 12.4 Å². The molecule has 106 valence electrons. The minimum Gasteiger partial charge on any atom is -0.309 e. The molecule has 1 heterocycles. The summed E-state index contributed by atoms with van der Waals surface area (Å²) in [5.41, 5.74) is -0.268. The minimum absolute atomic E-state index is 0. The molecule has 1 aliphatic carbocycles. The lowest BCUT2D eigenvalue weighted by molar-refractivity contribution is -0.137. The highest BCUT2D eigenvalue weighted by Gasteiger charge is 2.73. The Morgan fingerprint density at radius 1 is 1.11 bits per heavy atom. The molecular weight excluding hydrogens is 289 g/mol. The Hall–Kier alpha value is -0.880. The van der Waals surface area contributed by atoms with Crippen molar-refractivity contribution in [2.75, 3.05) is 6.54 Å². The van der Waals surface area contributed by atoms with E-state index in [0.29, 0.717) is 5.56 Å². The van der Waals surface area contributed by atoms with E-state index in [1.807, 2.05) is 0 Å². The van der Waals surface area contributed by atoms with Gasteiger partial charge in [0.2, 0.25) is 0 Å². The number of nitrogens with one attached hydrogen (secondary N) is 1. The number of halogens is 6. The van der Waals surface area contributed by atoms with Crippen LogP contribution in [0, 0.1) is 11.8 Å². The molecule has 0 amide bonds. The molecule has 1 saturated heterocycles. The summed E-state index contributed by atoms with van der Waals surface area (Å²) < 4.78 is 63.6. The third-order valence-electron chi connectivity index (χ3n) is 3.78. The zero-order chi connectivity index (χ0) is 13.1. The molecule has 7 heteroatoms. The van der Waals surface area contributed by atoms with Crippen molar-refractivity contribution in [3.05, 3.63) is 35.4 Å². The lowest BCUT2D eigenvalue weighted by Gasteiger charge is -2.16. The average Bonchev–Trinajstić information content (AvgIpc) is 2.68. The summed E-state index contributed by atoms with van der Waals surface area (Å²) in [5, 5.41) is 2.92. The van der Waals surface area contributed by atoms with Gasteiger partial charge in [0.05, 0.1) is 11.5 Å². The van der Waals surface area contributed by atoms with E-state index in [0.717, 1.165) is 12.1 Å². The number of piperidine rings is 1. The first kappa shape index (κ1) is 14.5. The highest BCUT2D eigenvalue weighted by molar-refractivity contribution is 5.85. The van der Waals surface area contributed by atoms with Gasteiger partial charge in [0.25, 0.3) is 5.92 Å². The van der Waals surface area contributed by atoms with Crippen molar-refractivity contribution in [1.82, 2.24) is 5.32 Å². The van der Waals surface area contributed by atoms with Crippen LogP contribution in [0.3, 0.4) is 0 Å². The van der Waals surface area contributed by atoms with Crippen molar-refractivity contribution in [2.24, 2.45) is 11.8 Å². The summed E-state index contributed by atoms with van der Waals surface area (Å²) in [6, 6.07) is 3.89.